The first kappa shape index (κ1) is 21.7. The molecule has 0 aromatic heterocycles. The molecule has 0 heterocycles. The minimum absolute atomic E-state index is 0.127. The van der Waals surface area contributed by atoms with E-state index in [-0.39, 0.29) is 12.1 Å². The number of thiocarbonyl (C=S) groups is 2. The third kappa shape index (κ3) is 6.54. The Kier molecular flexibility index (Phi) is 7.76. The molecule has 4 nitrogen and oxygen atoms in total. The van der Waals surface area contributed by atoms with Gasteiger partial charge in [-0.25, -0.2) is 0 Å². The van der Waals surface area contributed by atoms with Gasteiger partial charge in [0.2, 0.25) is 0 Å². The normalized spacial score (nSPS) is 12.3. The fraction of sp³-hybridized carbons (Fsp3) is 0.167. The molecular weight excluding hydrogens is 408 g/mol. The third-order valence-corrected chi connectivity index (χ3v) is 5.13. The molecule has 0 aliphatic rings. The highest BCUT2D eigenvalue weighted by Gasteiger charge is 2.08. The Balaban J connectivity index is 1.48. The quantitative estimate of drug-likeness (QED) is 0.369. The molecule has 3 aromatic carbocycles. The van der Waals surface area contributed by atoms with Crippen LogP contribution in [0.4, 0.5) is 11.4 Å². The number of nitrogens with one attached hydrogen (secondary N) is 4. The summed E-state index contributed by atoms with van der Waals surface area (Å²) in [7, 11) is 0. The van der Waals surface area contributed by atoms with Crippen LogP contribution in [0.1, 0.15) is 37.1 Å². The Labute approximate surface area is 189 Å². The summed E-state index contributed by atoms with van der Waals surface area (Å²) in [6.07, 6.45) is 0. The molecule has 0 aliphatic carbocycles. The molecule has 0 spiro atoms. The summed E-state index contributed by atoms with van der Waals surface area (Å²) in [6.45, 7) is 4.17. The molecule has 2 unspecified atom stereocenters. The Morgan fingerprint density at radius 2 is 0.900 bits per heavy atom. The predicted molar refractivity (Wildman–Crippen MR) is 135 cm³/mol. The fourth-order valence-electron chi connectivity index (χ4n) is 3.01. The smallest absolute Gasteiger partial charge is 0.171 e. The molecule has 2 atom stereocenters. The number of rotatable bonds is 6. The summed E-state index contributed by atoms with van der Waals surface area (Å²) < 4.78 is 0. The van der Waals surface area contributed by atoms with E-state index < -0.39 is 0 Å². The summed E-state index contributed by atoms with van der Waals surface area (Å²) in [4.78, 5) is 0. The Hall–Kier alpha value is -2.96. The highest BCUT2D eigenvalue weighted by Crippen LogP contribution is 2.16. The van der Waals surface area contributed by atoms with Crippen LogP contribution in [-0.2, 0) is 0 Å². The number of anilines is 2. The van der Waals surface area contributed by atoms with Gasteiger partial charge < -0.3 is 21.3 Å². The van der Waals surface area contributed by atoms with E-state index >= 15 is 0 Å². The Morgan fingerprint density at radius 1 is 0.567 bits per heavy atom. The van der Waals surface area contributed by atoms with Gasteiger partial charge in [-0.2, -0.15) is 0 Å². The average Bonchev–Trinajstić information content (AvgIpc) is 2.76. The van der Waals surface area contributed by atoms with Gasteiger partial charge in [-0.05, 0) is 73.7 Å². The lowest BCUT2D eigenvalue weighted by molar-refractivity contribution is 0.722. The third-order valence-electron chi connectivity index (χ3n) is 4.69. The van der Waals surface area contributed by atoms with Crippen molar-refractivity contribution in [1.29, 1.82) is 0 Å². The lowest BCUT2D eigenvalue weighted by Gasteiger charge is -2.18. The van der Waals surface area contributed by atoms with Crippen LogP contribution in [0.3, 0.4) is 0 Å². The second kappa shape index (κ2) is 10.7. The van der Waals surface area contributed by atoms with Gasteiger partial charge in [0, 0.05) is 11.4 Å². The molecule has 0 bridgehead atoms. The van der Waals surface area contributed by atoms with E-state index in [4.69, 9.17) is 24.4 Å². The summed E-state index contributed by atoms with van der Waals surface area (Å²) in [5.74, 6) is 0. The van der Waals surface area contributed by atoms with Gasteiger partial charge in [-0.15, -0.1) is 0 Å². The maximum atomic E-state index is 5.44. The minimum atomic E-state index is 0.127. The lowest BCUT2D eigenvalue weighted by atomic mass is 10.1. The zero-order chi connectivity index (χ0) is 21.3. The lowest BCUT2D eigenvalue weighted by Crippen LogP contribution is -2.31. The topological polar surface area (TPSA) is 48.1 Å². The fourth-order valence-corrected chi connectivity index (χ4v) is 3.60. The van der Waals surface area contributed by atoms with Gasteiger partial charge in [0.1, 0.15) is 0 Å². The van der Waals surface area contributed by atoms with Crippen molar-refractivity contribution in [2.75, 3.05) is 10.6 Å². The first-order valence-electron chi connectivity index (χ1n) is 9.86. The minimum Gasteiger partial charge on any atom is -0.356 e. The molecular formula is C24H26N4S2. The molecule has 0 saturated heterocycles. The van der Waals surface area contributed by atoms with E-state index in [9.17, 15) is 0 Å². The summed E-state index contributed by atoms with van der Waals surface area (Å²) >= 11 is 10.9. The van der Waals surface area contributed by atoms with Gasteiger partial charge in [0.05, 0.1) is 12.1 Å². The standard InChI is InChI=1S/C24H26N4S2/c1-17(19-9-5-3-6-10-19)25-23(29)27-21-13-15-22(16-14-21)28-24(30)26-18(2)20-11-7-4-8-12-20/h3-18H,1-2H3,(H2,25,27,29)(H2,26,28,30). The molecule has 0 radical (unpaired) electrons. The zero-order valence-electron chi connectivity index (χ0n) is 17.1. The number of hydrogen-bond acceptors (Lipinski definition) is 2. The van der Waals surface area contributed by atoms with Crippen LogP contribution in [0, 0.1) is 0 Å². The summed E-state index contributed by atoms with van der Waals surface area (Å²) in [5.41, 5.74) is 4.20. The van der Waals surface area contributed by atoms with Crippen molar-refractivity contribution in [2.24, 2.45) is 0 Å². The van der Waals surface area contributed by atoms with E-state index in [1.165, 1.54) is 11.1 Å². The largest absolute Gasteiger partial charge is 0.356 e. The van der Waals surface area contributed by atoms with Crippen LogP contribution < -0.4 is 21.3 Å². The molecule has 30 heavy (non-hydrogen) atoms. The van der Waals surface area contributed by atoms with Crippen molar-refractivity contribution in [3.63, 3.8) is 0 Å². The molecule has 3 aromatic rings. The van der Waals surface area contributed by atoms with Crippen LogP contribution in [0.15, 0.2) is 84.9 Å². The molecule has 3 rings (SSSR count). The number of hydrogen-bond donors (Lipinski definition) is 4. The summed E-state index contributed by atoms with van der Waals surface area (Å²) in [6, 6.07) is 28.5. The van der Waals surface area contributed by atoms with Crippen LogP contribution in [-0.4, -0.2) is 10.2 Å². The SMILES string of the molecule is CC(NC(=S)Nc1ccc(NC(=S)NC(C)c2ccccc2)cc1)c1ccccc1. The highest BCUT2D eigenvalue weighted by molar-refractivity contribution is 7.80. The summed E-state index contributed by atoms with van der Waals surface area (Å²) in [5, 5.41) is 14.2. The van der Waals surface area contributed by atoms with Crippen molar-refractivity contribution >= 4 is 46.0 Å². The first-order chi connectivity index (χ1) is 14.5. The van der Waals surface area contributed by atoms with E-state index in [2.05, 4.69) is 59.4 Å². The molecule has 154 valence electrons. The van der Waals surface area contributed by atoms with Crippen LogP contribution >= 0.6 is 24.4 Å². The van der Waals surface area contributed by atoms with Crippen LogP contribution in [0.25, 0.3) is 0 Å². The molecule has 0 fully saturated rings. The van der Waals surface area contributed by atoms with Crippen molar-refractivity contribution in [3.8, 4) is 0 Å². The number of benzene rings is 3. The van der Waals surface area contributed by atoms with Crippen molar-refractivity contribution in [3.05, 3.63) is 96.1 Å². The first-order valence-corrected chi connectivity index (χ1v) is 10.7. The Morgan fingerprint density at radius 3 is 1.23 bits per heavy atom. The van der Waals surface area contributed by atoms with Gasteiger partial charge in [-0.3, -0.25) is 0 Å². The molecule has 0 amide bonds. The zero-order valence-corrected chi connectivity index (χ0v) is 18.7. The van der Waals surface area contributed by atoms with Crippen molar-refractivity contribution in [1.82, 2.24) is 10.6 Å². The van der Waals surface area contributed by atoms with Gasteiger partial charge >= 0.3 is 0 Å². The maximum absolute atomic E-state index is 5.44. The molecule has 0 saturated carbocycles. The highest BCUT2D eigenvalue weighted by atomic mass is 32.1. The average molecular weight is 435 g/mol. The molecule has 0 aliphatic heterocycles. The predicted octanol–water partition coefficient (Wildman–Crippen LogP) is 5.78. The van der Waals surface area contributed by atoms with Gasteiger partial charge in [0.15, 0.2) is 10.2 Å². The second-order valence-electron chi connectivity index (χ2n) is 7.04. The van der Waals surface area contributed by atoms with Crippen LogP contribution in [0.2, 0.25) is 0 Å². The molecule has 6 heteroatoms. The van der Waals surface area contributed by atoms with E-state index in [0.29, 0.717) is 10.2 Å². The van der Waals surface area contributed by atoms with E-state index in [0.717, 1.165) is 11.4 Å². The van der Waals surface area contributed by atoms with Crippen molar-refractivity contribution < 1.29 is 0 Å². The van der Waals surface area contributed by atoms with Crippen molar-refractivity contribution in [2.45, 2.75) is 25.9 Å². The Bertz CT molecular complexity index is 879. The van der Waals surface area contributed by atoms with E-state index in [1.54, 1.807) is 0 Å². The van der Waals surface area contributed by atoms with Gasteiger partial charge in [-0.1, -0.05) is 60.7 Å². The monoisotopic (exact) mass is 434 g/mol. The molecule has 4 N–H and O–H groups in total. The van der Waals surface area contributed by atoms with E-state index in [1.807, 2.05) is 60.7 Å². The van der Waals surface area contributed by atoms with Gasteiger partial charge in [0.25, 0.3) is 0 Å². The second-order valence-corrected chi connectivity index (χ2v) is 7.86. The maximum Gasteiger partial charge on any atom is 0.171 e. The van der Waals surface area contributed by atoms with Crippen LogP contribution in [0.5, 0.6) is 0 Å².